The minimum atomic E-state index is -0.960. The standard InChI is InChI=1S/C22H23Cl2NO5/c1-5-30-22(28)16-11(3)25-14-9-10(2)15(21(27)29-4)20(26)18(14)17(16)12-7-6-8-13(23)19(12)24/h6-8,10,15,17,25H,5,9H2,1-4H3/t10-,15-,17+/m0/s1. The van der Waals surface area contributed by atoms with Crippen molar-refractivity contribution in [3.8, 4) is 0 Å². The maximum absolute atomic E-state index is 13.5. The van der Waals surface area contributed by atoms with Crippen LogP contribution < -0.4 is 5.32 Å². The van der Waals surface area contributed by atoms with E-state index in [1.807, 2.05) is 6.92 Å². The van der Waals surface area contributed by atoms with Gasteiger partial charge in [0.15, 0.2) is 5.78 Å². The van der Waals surface area contributed by atoms with Crippen molar-refractivity contribution >= 4 is 40.9 Å². The maximum Gasteiger partial charge on any atom is 0.336 e. The molecule has 1 aromatic rings. The lowest BCUT2D eigenvalue weighted by Crippen LogP contribution is -2.43. The van der Waals surface area contributed by atoms with Gasteiger partial charge in [-0.25, -0.2) is 4.79 Å². The van der Waals surface area contributed by atoms with Gasteiger partial charge < -0.3 is 14.8 Å². The summed E-state index contributed by atoms with van der Waals surface area (Å²) in [6, 6.07) is 5.06. The molecule has 1 heterocycles. The molecule has 1 N–H and O–H groups in total. The Morgan fingerprint density at radius 2 is 1.97 bits per heavy atom. The van der Waals surface area contributed by atoms with E-state index in [-0.39, 0.29) is 23.1 Å². The molecule has 6 nitrogen and oxygen atoms in total. The Labute approximate surface area is 185 Å². The summed E-state index contributed by atoms with van der Waals surface area (Å²) in [5, 5.41) is 3.74. The molecule has 1 aliphatic carbocycles. The smallest absolute Gasteiger partial charge is 0.336 e. The molecule has 30 heavy (non-hydrogen) atoms. The molecule has 1 aliphatic heterocycles. The summed E-state index contributed by atoms with van der Waals surface area (Å²) in [6.45, 7) is 5.46. The first-order valence-corrected chi connectivity index (χ1v) is 10.4. The third-order valence-electron chi connectivity index (χ3n) is 5.53. The number of halogens is 2. The zero-order valence-corrected chi connectivity index (χ0v) is 18.7. The molecule has 0 unspecified atom stereocenters. The van der Waals surface area contributed by atoms with Crippen molar-refractivity contribution in [2.24, 2.45) is 11.8 Å². The van der Waals surface area contributed by atoms with Crippen LogP contribution >= 0.6 is 23.2 Å². The molecule has 0 aromatic heterocycles. The summed E-state index contributed by atoms with van der Waals surface area (Å²) >= 11 is 12.7. The SMILES string of the molecule is CCOC(=O)C1=C(C)NC2=C(C(=O)[C@@H](C(=O)OC)[C@@H](C)C2)[C@@H]1c1cccc(Cl)c1Cl. The highest BCUT2D eigenvalue weighted by Crippen LogP contribution is 2.47. The second-order valence-electron chi connectivity index (χ2n) is 7.40. The average molecular weight is 452 g/mol. The predicted octanol–water partition coefficient (Wildman–Crippen LogP) is 4.17. The Bertz CT molecular complexity index is 982. The molecule has 0 saturated heterocycles. The number of Topliss-reactive ketones (excluding diaryl/α,β-unsaturated/α-hetero) is 1. The summed E-state index contributed by atoms with van der Waals surface area (Å²) in [7, 11) is 1.25. The van der Waals surface area contributed by atoms with Crippen molar-refractivity contribution < 1.29 is 23.9 Å². The van der Waals surface area contributed by atoms with Crippen molar-refractivity contribution in [3.05, 3.63) is 56.3 Å². The van der Waals surface area contributed by atoms with Crippen LogP contribution in [0.25, 0.3) is 0 Å². The Kier molecular flexibility index (Phi) is 6.58. The molecular formula is C22H23Cl2NO5. The third-order valence-corrected chi connectivity index (χ3v) is 6.36. The number of carbonyl (C=O) groups excluding carboxylic acids is 3. The number of carbonyl (C=O) groups is 3. The molecule has 0 bridgehead atoms. The number of methoxy groups -OCH3 is 1. The third kappa shape index (κ3) is 3.74. The number of nitrogens with one attached hydrogen (secondary N) is 1. The van der Waals surface area contributed by atoms with Crippen LogP contribution in [0.15, 0.2) is 40.7 Å². The van der Waals surface area contributed by atoms with Crippen LogP contribution in [0.3, 0.4) is 0 Å². The minimum absolute atomic E-state index is 0.174. The van der Waals surface area contributed by atoms with Crippen LogP contribution in [0.5, 0.6) is 0 Å². The lowest BCUT2D eigenvalue weighted by atomic mass is 9.69. The van der Waals surface area contributed by atoms with E-state index in [0.29, 0.717) is 34.0 Å². The quantitative estimate of drug-likeness (QED) is 0.546. The molecule has 2 aliphatic rings. The van der Waals surface area contributed by atoms with Gasteiger partial charge in [-0.1, -0.05) is 42.3 Å². The van der Waals surface area contributed by atoms with Gasteiger partial charge in [-0.15, -0.1) is 0 Å². The van der Waals surface area contributed by atoms with Crippen LogP contribution in [-0.2, 0) is 23.9 Å². The lowest BCUT2D eigenvalue weighted by molar-refractivity contribution is -0.151. The minimum Gasteiger partial charge on any atom is -0.468 e. The van der Waals surface area contributed by atoms with E-state index < -0.39 is 29.6 Å². The van der Waals surface area contributed by atoms with Gasteiger partial charge in [-0.2, -0.15) is 0 Å². The van der Waals surface area contributed by atoms with Crippen molar-refractivity contribution in [1.29, 1.82) is 0 Å². The molecular weight excluding hydrogens is 429 g/mol. The number of hydrogen-bond donors (Lipinski definition) is 1. The number of allylic oxidation sites excluding steroid dienone is 3. The van der Waals surface area contributed by atoms with E-state index >= 15 is 0 Å². The van der Waals surface area contributed by atoms with Gasteiger partial charge in [0, 0.05) is 22.9 Å². The molecule has 8 heteroatoms. The second-order valence-corrected chi connectivity index (χ2v) is 8.18. The van der Waals surface area contributed by atoms with Gasteiger partial charge in [0.1, 0.15) is 5.92 Å². The van der Waals surface area contributed by atoms with Gasteiger partial charge in [0.2, 0.25) is 0 Å². The number of rotatable bonds is 4. The Morgan fingerprint density at radius 3 is 2.60 bits per heavy atom. The monoisotopic (exact) mass is 451 g/mol. The van der Waals surface area contributed by atoms with Gasteiger partial charge in [-0.3, -0.25) is 9.59 Å². The molecule has 0 spiro atoms. The molecule has 3 atom stereocenters. The number of ketones is 1. The molecule has 0 saturated carbocycles. The predicted molar refractivity (Wildman–Crippen MR) is 113 cm³/mol. The first-order chi connectivity index (χ1) is 14.2. The highest BCUT2D eigenvalue weighted by molar-refractivity contribution is 6.42. The normalized spacial score (nSPS) is 23.7. The first kappa shape index (κ1) is 22.4. The van der Waals surface area contributed by atoms with E-state index in [9.17, 15) is 14.4 Å². The van der Waals surface area contributed by atoms with Gasteiger partial charge in [0.05, 0.1) is 29.3 Å². The zero-order valence-electron chi connectivity index (χ0n) is 17.2. The Morgan fingerprint density at radius 1 is 1.27 bits per heavy atom. The van der Waals surface area contributed by atoms with E-state index in [1.54, 1.807) is 32.0 Å². The van der Waals surface area contributed by atoms with Crippen molar-refractivity contribution in [3.63, 3.8) is 0 Å². The van der Waals surface area contributed by atoms with Gasteiger partial charge >= 0.3 is 11.9 Å². The van der Waals surface area contributed by atoms with E-state index in [1.165, 1.54) is 7.11 Å². The number of benzene rings is 1. The first-order valence-electron chi connectivity index (χ1n) is 9.66. The van der Waals surface area contributed by atoms with Gasteiger partial charge in [-0.05, 0) is 37.8 Å². The van der Waals surface area contributed by atoms with Crippen LogP contribution in [0.4, 0.5) is 0 Å². The average Bonchev–Trinajstić information content (AvgIpc) is 2.69. The van der Waals surface area contributed by atoms with Crippen LogP contribution in [0, 0.1) is 11.8 Å². The highest BCUT2D eigenvalue weighted by atomic mass is 35.5. The summed E-state index contributed by atoms with van der Waals surface area (Å²) in [6.07, 6.45) is 0.447. The van der Waals surface area contributed by atoms with Gasteiger partial charge in [0.25, 0.3) is 0 Å². The van der Waals surface area contributed by atoms with E-state index in [4.69, 9.17) is 32.7 Å². The molecule has 3 rings (SSSR count). The van der Waals surface area contributed by atoms with Crippen LogP contribution in [0.2, 0.25) is 10.0 Å². The molecule has 160 valence electrons. The number of ether oxygens (including phenoxy) is 2. The molecule has 0 amide bonds. The Hall–Kier alpha value is -2.31. The van der Waals surface area contributed by atoms with Crippen molar-refractivity contribution in [2.45, 2.75) is 33.1 Å². The maximum atomic E-state index is 13.5. The summed E-state index contributed by atoms with van der Waals surface area (Å²) < 4.78 is 10.1. The zero-order chi connectivity index (χ0) is 22.2. The topological polar surface area (TPSA) is 81.7 Å². The number of hydrogen-bond acceptors (Lipinski definition) is 6. The summed E-state index contributed by atoms with van der Waals surface area (Å²) in [5.74, 6) is -3.58. The summed E-state index contributed by atoms with van der Waals surface area (Å²) in [4.78, 5) is 38.8. The fraction of sp³-hybridized carbons (Fsp3) is 0.409. The lowest BCUT2D eigenvalue weighted by Gasteiger charge is -2.38. The van der Waals surface area contributed by atoms with Crippen molar-refractivity contribution in [1.82, 2.24) is 5.32 Å². The Balaban J connectivity index is 2.25. The molecule has 1 aromatic carbocycles. The highest BCUT2D eigenvalue weighted by Gasteiger charge is 2.47. The fourth-order valence-corrected chi connectivity index (χ4v) is 4.63. The summed E-state index contributed by atoms with van der Waals surface area (Å²) in [5.41, 5.74) is 2.34. The molecule has 0 radical (unpaired) electrons. The second kappa shape index (κ2) is 8.82. The number of dihydropyridines is 1. The largest absolute Gasteiger partial charge is 0.468 e. The van der Waals surface area contributed by atoms with Crippen LogP contribution in [0.1, 0.15) is 38.7 Å². The fourth-order valence-electron chi connectivity index (χ4n) is 4.21. The van der Waals surface area contributed by atoms with Crippen molar-refractivity contribution in [2.75, 3.05) is 13.7 Å². The van der Waals surface area contributed by atoms with Crippen LogP contribution in [-0.4, -0.2) is 31.4 Å². The number of esters is 2. The van der Waals surface area contributed by atoms with E-state index in [0.717, 1.165) is 0 Å². The molecule has 0 fully saturated rings. The van der Waals surface area contributed by atoms with E-state index in [2.05, 4.69) is 5.32 Å².